The molecule has 4 aliphatic rings. The number of piperazine rings is 1. The van der Waals surface area contributed by atoms with Gasteiger partial charge in [0.15, 0.2) is 11.6 Å². The molecule has 3 N–H and O–H groups in total. The van der Waals surface area contributed by atoms with Gasteiger partial charge in [0.1, 0.15) is 24.1 Å². The molecule has 0 aliphatic carbocycles. The second-order valence-corrected chi connectivity index (χ2v) is 12.4. The minimum atomic E-state index is -4.97. The van der Waals surface area contributed by atoms with Crippen LogP contribution in [0.4, 0.5) is 37.8 Å². The molecule has 0 radical (unpaired) electrons. The fraction of sp³-hybridized carbons (Fsp3) is 0.533. The number of halogens is 6. The zero-order chi connectivity index (χ0) is 30.3. The highest BCUT2D eigenvalue weighted by Crippen LogP contribution is 2.45. The van der Waals surface area contributed by atoms with Gasteiger partial charge in [0, 0.05) is 54.7 Å². The normalized spacial score (nSPS) is 27.3. The second kappa shape index (κ2) is 10.1. The Labute approximate surface area is 244 Å². The first-order valence-electron chi connectivity index (χ1n) is 14.6. The minimum Gasteiger partial charge on any atom is -0.461 e. The van der Waals surface area contributed by atoms with E-state index in [1.807, 2.05) is 4.90 Å². The van der Waals surface area contributed by atoms with E-state index in [-0.39, 0.29) is 41.2 Å². The smallest absolute Gasteiger partial charge is 0.417 e. The van der Waals surface area contributed by atoms with Gasteiger partial charge >= 0.3 is 12.2 Å². The molecule has 7 nitrogen and oxygen atoms in total. The quantitative estimate of drug-likeness (QED) is 0.298. The molecule has 7 rings (SSSR count). The zero-order valence-corrected chi connectivity index (χ0v) is 23.6. The molecular formula is C30H32F6N6O. The molecular weight excluding hydrogens is 574 g/mol. The number of nitrogens with one attached hydrogen (secondary N) is 1. The van der Waals surface area contributed by atoms with E-state index in [0.29, 0.717) is 31.9 Å². The first kappa shape index (κ1) is 28.5. The number of aryl methyl sites for hydroxylation is 1. The van der Waals surface area contributed by atoms with Crippen molar-refractivity contribution in [2.75, 3.05) is 43.4 Å². The van der Waals surface area contributed by atoms with Crippen LogP contribution in [0.15, 0.2) is 18.2 Å². The lowest BCUT2D eigenvalue weighted by atomic mass is 9.92. The first-order valence-corrected chi connectivity index (χ1v) is 14.6. The van der Waals surface area contributed by atoms with Crippen LogP contribution in [0.2, 0.25) is 0 Å². The summed E-state index contributed by atoms with van der Waals surface area (Å²) in [5.41, 5.74) is 1.18. The maximum atomic E-state index is 16.5. The maximum Gasteiger partial charge on any atom is 0.417 e. The van der Waals surface area contributed by atoms with Crippen molar-refractivity contribution >= 4 is 22.4 Å². The van der Waals surface area contributed by atoms with Gasteiger partial charge in [-0.15, -0.1) is 0 Å². The van der Waals surface area contributed by atoms with E-state index in [4.69, 9.17) is 10.5 Å². The number of nitrogens with zero attached hydrogens (tertiary/aromatic N) is 4. The predicted octanol–water partition coefficient (Wildman–Crippen LogP) is 5.38. The third-order valence-electron chi connectivity index (χ3n) is 9.56. The van der Waals surface area contributed by atoms with Gasteiger partial charge in [0.2, 0.25) is 0 Å². The largest absolute Gasteiger partial charge is 0.461 e. The van der Waals surface area contributed by atoms with Gasteiger partial charge < -0.3 is 20.7 Å². The maximum absolute atomic E-state index is 16.5. The van der Waals surface area contributed by atoms with Gasteiger partial charge in [0.05, 0.1) is 16.8 Å². The van der Waals surface area contributed by atoms with Crippen molar-refractivity contribution in [2.24, 2.45) is 0 Å². The van der Waals surface area contributed by atoms with Crippen LogP contribution in [0.3, 0.4) is 0 Å². The molecule has 1 aromatic heterocycles. The molecule has 230 valence electrons. The molecule has 43 heavy (non-hydrogen) atoms. The minimum absolute atomic E-state index is 0.0910. The highest BCUT2D eigenvalue weighted by atomic mass is 19.4. The van der Waals surface area contributed by atoms with Gasteiger partial charge in [0.25, 0.3) is 0 Å². The average molecular weight is 607 g/mol. The summed E-state index contributed by atoms with van der Waals surface area (Å²) in [7, 11) is 0. The number of aromatic nitrogens is 2. The Morgan fingerprint density at radius 3 is 2.56 bits per heavy atom. The van der Waals surface area contributed by atoms with Gasteiger partial charge in [-0.25, -0.2) is 13.2 Å². The summed E-state index contributed by atoms with van der Waals surface area (Å²) in [6.07, 6.45) is -2.06. The van der Waals surface area contributed by atoms with Crippen LogP contribution in [0.25, 0.3) is 22.0 Å². The average Bonchev–Trinajstić information content (AvgIpc) is 3.59. The summed E-state index contributed by atoms with van der Waals surface area (Å²) < 4.78 is 94.7. The molecule has 0 saturated carbocycles. The van der Waals surface area contributed by atoms with Crippen LogP contribution in [0, 0.1) is 18.6 Å². The Morgan fingerprint density at radius 2 is 1.84 bits per heavy atom. The summed E-state index contributed by atoms with van der Waals surface area (Å²) >= 11 is 0. The van der Waals surface area contributed by atoms with Gasteiger partial charge in [-0.1, -0.05) is 6.07 Å². The summed E-state index contributed by atoms with van der Waals surface area (Å²) in [4.78, 5) is 13.1. The van der Waals surface area contributed by atoms with Crippen LogP contribution >= 0.6 is 0 Å². The molecule has 4 saturated heterocycles. The predicted molar refractivity (Wildman–Crippen MR) is 150 cm³/mol. The molecule has 2 unspecified atom stereocenters. The van der Waals surface area contributed by atoms with Crippen molar-refractivity contribution in [1.29, 1.82) is 0 Å². The Balaban J connectivity index is 1.37. The Bertz CT molecular complexity index is 1590. The SMILES string of the molecule is Cc1cc(N)c(F)c(-c2ccc3c(N4CC5CCC(C4)N5)nc(OC[C@@]45CCCN4C[C@H](F)C5)nc3c2F)c1C(F)(F)F. The van der Waals surface area contributed by atoms with Crippen LogP contribution < -0.4 is 20.7 Å². The number of nitrogen functional groups attached to an aromatic ring is 1. The lowest BCUT2D eigenvalue weighted by molar-refractivity contribution is -0.137. The number of benzene rings is 2. The van der Waals surface area contributed by atoms with Crippen LogP contribution in [-0.2, 0) is 6.18 Å². The monoisotopic (exact) mass is 606 g/mol. The molecule has 4 atom stereocenters. The number of anilines is 2. The Morgan fingerprint density at radius 1 is 1.09 bits per heavy atom. The lowest BCUT2D eigenvalue weighted by Crippen LogP contribution is -2.51. The molecule has 0 amide bonds. The van der Waals surface area contributed by atoms with Crippen molar-refractivity contribution in [3.8, 4) is 17.1 Å². The summed E-state index contributed by atoms with van der Waals surface area (Å²) in [5.74, 6) is -2.11. The van der Waals surface area contributed by atoms with Crippen molar-refractivity contribution in [3.05, 3.63) is 41.0 Å². The van der Waals surface area contributed by atoms with Gasteiger partial charge in [-0.2, -0.15) is 23.1 Å². The van der Waals surface area contributed by atoms with Gasteiger partial charge in [-0.3, -0.25) is 4.90 Å². The number of hydrogen-bond acceptors (Lipinski definition) is 7. The third-order valence-corrected chi connectivity index (χ3v) is 9.56. The van der Waals surface area contributed by atoms with E-state index in [0.717, 1.165) is 51.3 Å². The molecule has 0 spiro atoms. The molecule has 2 aromatic carbocycles. The van der Waals surface area contributed by atoms with Gasteiger partial charge in [-0.05, 0) is 56.8 Å². The standard InChI is InChI=1S/C30H32F6N6O/c1-15-9-21(37)25(33)22(23(15)30(34,35)36)19-5-6-20-26(24(19)32)39-28(40-27(20)41-12-17-3-4-18(13-41)38-17)43-14-29-7-2-8-42(29)11-16(31)10-29/h5-6,9,16-18,38H,2-4,7-8,10-14,37H2,1H3/t16-,17?,18?,29+/m1/s1. The Kier molecular flexibility index (Phi) is 6.69. The highest BCUT2D eigenvalue weighted by Gasteiger charge is 2.49. The Hall–Kier alpha value is -3.32. The number of nitrogens with two attached hydrogens (primary N) is 1. The molecule has 2 bridgehead atoms. The number of alkyl halides is 4. The fourth-order valence-corrected chi connectivity index (χ4v) is 7.68. The van der Waals surface area contributed by atoms with E-state index < -0.39 is 51.9 Å². The zero-order valence-electron chi connectivity index (χ0n) is 23.6. The van der Waals surface area contributed by atoms with Crippen LogP contribution in [0.1, 0.15) is 43.2 Å². The van der Waals surface area contributed by atoms with E-state index in [9.17, 15) is 17.6 Å². The van der Waals surface area contributed by atoms with Crippen molar-refractivity contribution in [2.45, 2.75) is 69.0 Å². The van der Waals surface area contributed by atoms with E-state index >= 15 is 8.78 Å². The van der Waals surface area contributed by atoms with Crippen LogP contribution in [0.5, 0.6) is 6.01 Å². The number of ether oxygens (including phenoxy) is 1. The molecule has 3 aromatic rings. The lowest BCUT2D eigenvalue weighted by Gasteiger charge is -2.34. The molecule has 4 aliphatic heterocycles. The van der Waals surface area contributed by atoms with Crippen molar-refractivity contribution in [1.82, 2.24) is 20.2 Å². The first-order chi connectivity index (χ1) is 20.4. The van der Waals surface area contributed by atoms with Crippen molar-refractivity contribution < 1.29 is 31.1 Å². The molecule has 5 heterocycles. The molecule has 4 fully saturated rings. The summed E-state index contributed by atoms with van der Waals surface area (Å²) in [6, 6.07) is 3.71. The fourth-order valence-electron chi connectivity index (χ4n) is 7.68. The van der Waals surface area contributed by atoms with E-state index in [1.54, 1.807) is 0 Å². The number of rotatable bonds is 5. The van der Waals surface area contributed by atoms with E-state index in [1.165, 1.54) is 6.07 Å². The summed E-state index contributed by atoms with van der Waals surface area (Å²) in [5, 5.41) is 3.80. The van der Waals surface area contributed by atoms with E-state index in [2.05, 4.69) is 20.2 Å². The topological polar surface area (TPSA) is 79.5 Å². The number of hydrogen-bond donors (Lipinski definition) is 2. The molecule has 13 heteroatoms. The van der Waals surface area contributed by atoms with Crippen LogP contribution in [-0.4, -0.2) is 71.4 Å². The van der Waals surface area contributed by atoms with Crippen molar-refractivity contribution in [3.63, 3.8) is 0 Å². The number of fused-ring (bicyclic) bond motifs is 4. The summed E-state index contributed by atoms with van der Waals surface area (Å²) in [6.45, 7) is 3.50. The highest BCUT2D eigenvalue weighted by molar-refractivity contribution is 5.94. The third kappa shape index (κ3) is 4.75. The second-order valence-electron chi connectivity index (χ2n) is 12.4.